The highest BCUT2D eigenvalue weighted by molar-refractivity contribution is 5.79. The van der Waals surface area contributed by atoms with Crippen molar-refractivity contribution in [3.8, 4) is 0 Å². The molecule has 0 aliphatic carbocycles. The highest BCUT2D eigenvalue weighted by Gasteiger charge is 2.13. The summed E-state index contributed by atoms with van der Waals surface area (Å²) in [6, 6.07) is 20.5. The van der Waals surface area contributed by atoms with E-state index in [1.165, 1.54) is 12.1 Å². The number of hydrogen-bond acceptors (Lipinski definition) is 6. The fraction of sp³-hybridized carbons (Fsp3) is 0.308. The zero-order valence-corrected chi connectivity index (χ0v) is 19.1. The van der Waals surface area contributed by atoms with Gasteiger partial charge in [0, 0.05) is 61.1 Å². The van der Waals surface area contributed by atoms with Crippen LogP contribution in [0.15, 0.2) is 66.9 Å². The van der Waals surface area contributed by atoms with Crippen LogP contribution in [0.25, 0.3) is 0 Å². The maximum Gasteiger partial charge on any atom is 0.221 e. The van der Waals surface area contributed by atoms with Gasteiger partial charge in [0.05, 0.1) is 6.42 Å². The number of anilines is 4. The summed E-state index contributed by atoms with van der Waals surface area (Å²) in [4.78, 5) is 20.8. The molecule has 0 unspecified atom stereocenters. The predicted molar refractivity (Wildman–Crippen MR) is 135 cm³/mol. The molecule has 1 aliphatic heterocycles. The fourth-order valence-corrected chi connectivity index (χ4v) is 4.05. The molecule has 0 saturated carbocycles. The largest absolute Gasteiger partial charge is 0.381 e. The molecule has 0 radical (unpaired) electrons. The Kier molecular flexibility index (Phi) is 7.42. The van der Waals surface area contributed by atoms with Crippen molar-refractivity contribution < 1.29 is 4.79 Å². The molecule has 2 aromatic carbocycles. The van der Waals surface area contributed by atoms with Gasteiger partial charge in [-0.25, -0.2) is 4.98 Å². The molecule has 33 heavy (non-hydrogen) atoms. The van der Waals surface area contributed by atoms with E-state index in [1.807, 2.05) is 24.3 Å². The highest BCUT2D eigenvalue weighted by atomic mass is 16.1. The van der Waals surface area contributed by atoms with Crippen molar-refractivity contribution in [2.24, 2.45) is 5.73 Å². The Labute approximate surface area is 195 Å². The molecule has 1 saturated heterocycles. The first-order chi connectivity index (χ1) is 16.1. The zero-order chi connectivity index (χ0) is 23.0. The first-order valence-electron chi connectivity index (χ1n) is 11.4. The van der Waals surface area contributed by atoms with Crippen molar-refractivity contribution >= 4 is 28.8 Å². The van der Waals surface area contributed by atoms with Gasteiger partial charge in [-0.2, -0.15) is 0 Å². The molecule has 1 amide bonds. The number of amides is 1. The fourth-order valence-electron chi connectivity index (χ4n) is 4.05. The average Bonchev–Trinajstić information content (AvgIpc) is 3.04. The number of benzene rings is 2. The Bertz CT molecular complexity index is 1050. The van der Waals surface area contributed by atoms with Gasteiger partial charge in [0.15, 0.2) is 0 Å². The number of pyridine rings is 1. The lowest BCUT2D eigenvalue weighted by atomic mass is 10.1. The predicted octanol–water partition coefficient (Wildman–Crippen LogP) is 3.61. The summed E-state index contributed by atoms with van der Waals surface area (Å²) in [6.07, 6.45) is 3.03. The Morgan fingerprint density at radius 1 is 1.03 bits per heavy atom. The van der Waals surface area contributed by atoms with Crippen LogP contribution in [-0.2, 0) is 17.8 Å². The van der Waals surface area contributed by atoms with E-state index >= 15 is 0 Å². The lowest BCUT2D eigenvalue weighted by molar-refractivity contribution is -0.117. The van der Waals surface area contributed by atoms with E-state index in [-0.39, 0.29) is 12.3 Å². The molecule has 7 heteroatoms. The minimum absolute atomic E-state index is 0.143. The van der Waals surface area contributed by atoms with E-state index in [0.717, 1.165) is 48.7 Å². The zero-order valence-electron chi connectivity index (χ0n) is 19.1. The molecule has 1 aliphatic rings. The number of aromatic nitrogens is 1. The molecule has 1 aromatic heterocycles. The average molecular weight is 445 g/mol. The van der Waals surface area contributed by atoms with Gasteiger partial charge in [-0.15, -0.1) is 0 Å². The maximum absolute atomic E-state index is 11.5. The summed E-state index contributed by atoms with van der Waals surface area (Å²) < 4.78 is 0. The van der Waals surface area contributed by atoms with Crippen LogP contribution in [0.2, 0.25) is 0 Å². The van der Waals surface area contributed by atoms with Crippen LogP contribution in [-0.4, -0.2) is 49.0 Å². The van der Waals surface area contributed by atoms with Crippen LogP contribution in [0.3, 0.4) is 0 Å². The van der Waals surface area contributed by atoms with Crippen LogP contribution >= 0.6 is 0 Å². The number of nitrogens with one attached hydrogen (secondary N) is 2. The molecule has 0 bridgehead atoms. The third-order valence-electron chi connectivity index (χ3n) is 5.90. The second-order valence-electron chi connectivity index (χ2n) is 8.52. The summed E-state index contributed by atoms with van der Waals surface area (Å²) >= 11 is 0. The Hall–Kier alpha value is -3.58. The Morgan fingerprint density at radius 3 is 2.58 bits per heavy atom. The maximum atomic E-state index is 11.5. The lowest BCUT2D eigenvalue weighted by Crippen LogP contribution is -2.28. The molecule has 2 heterocycles. The number of nitrogens with zero attached hydrogens (tertiary/aromatic N) is 3. The van der Waals surface area contributed by atoms with E-state index in [2.05, 4.69) is 68.9 Å². The second kappa shape index (κ2) is 10.8. The number of hydrogen-bond donors (Lipinski definition) is 3. The van der Waals surface area contributed by atoms with Gasteiger partial charge in [0.2, 0.25) is 5.91 Å². The first kappa shape index (κ1) is 22.6. The molecular weight excluding hydrogens is 412 g/mol. The molecule has 4 N–H and O–H groups in total. The first-order valence-corrected chi connectivity index (χ1v) is 11.4. The van der Waals surface area contributed by atoms with Crippen molar-refractivity contribution in [3.05, 3.63) is 78.0 Å². The second-order valence-corrected chi connectivity index (χ2v) is 8.52. The number of likely N-dealkylation sites (N-methyl/N-ethyl adjacent to an activating group) is 1. The highest BCUT2D eigenvalue weighted by Crippen LogP contribution is 2.25. The smallest absolute Gasteiger partial charge is 0.221 e. The third kappa shape index (κ3) is 6.46. The van der Waals surface area contributed by atoms with Crippen molar-refractivity contribution in [2.45, 2.75) is 19.4 Å². The van der Waals surface area contributed by atoms with Crippen LogP contribution < -0.4 is 21.3 Å². The number of nitrogens with two attached hydrogens (primary N) is 1. The van der Waals surface area contributed by atoms with E-state index < -0.39 is 0 Å². The molecule has 1 fully saturated rings. The summed E-state index contributed by atoms with van der Waals surface area (Å²) in [6.45, 7) is 5.00. The SMILES string of the molecule is CN1CCCN(c2ccc(Nc3cc(NCc4ccccc4)c(CC(N)=O)cn3)cc2)CC1. The lowest BCUT2D eigenvalue weighted by Gasteiger charge is -2.23. The van der Waals surface area contributed by atoms with Crippen molar-refractivity contribution in [2.75, 3.05) is 48.8 Å². The van der Waals surface area contributed by atoms with Gasteiger partial charge in [-0.3, -0.25) is 4.79 Å². The molecule has 4 rings (SSSR count). The number of primary amides is 1. The minimum atomic E-state index is -0.379. The quantitative estimate of drug-likeness (QED) is 0.492. The molecule has 0 atom stereocenters. The number of rotatable bonds is 8. The molecule has 0 spiro atoms. The molecule has 7 nitrogen and oxygen atoms in total. The Balaban J connectivity index is 1.46. The summed E-state index contributed by atoms with van der Waals surface area (Å²) in [5, 5.41) is 6.80. The van der Waals surface area contributed by atoms with Gasteiger partial charge < -0.3 is 26.2 Å². The van der Waals surface area contributed by atoms with Crippen LogP contribution in [0, 0.1) is 0 Å². The monoisotopic (exact) mass is 444 g/mol. The van der Waals surface area contributed by atoms with E-state index in [0.29, 0.717) is 12.4 Å². The third-order valence-corrected chi connectivity index (χ3v) is 5.90. The van der Waals surface area contributed by atoms with Gasteiger partial charge >= 0.3 is 0 Å². The van der Waals surface area contributed by atoms with Crippen molar-refractivity contribution in [1.82, 2.24) is 9.88 Å². The number of carbonyl (C=O) groups excluding carboxylic acids is 1. The summed E-state index contributed by atoms with van der Waals surface area (Å²) in [5.41, 5.74) is 10.4. The standard InChI is InChI=1S/C26H32N6O/c1-31-12-5-13-32(15-14-31)23-10-8-22(9-11-23)30-26-17-24(21(19-29-26)16-25(27)33)28-18-20-6-3-2-4-7-20/h2-4,6-11,17,19H,5,12-16,18H2,1H3,(H2,27,33)(H2,28,29,30). The summed E-state index contributed by atoms with van der Waals surface area (Å²) in [7, 11) is 2.18. The summed E-state index contributed by atoms with van der Waals surface area (Å²) in [5.74, 6) is 0.332. The topological polar surface area (TPSA) is 86.5 Å². The minimum Gasteiger partial charge on any atom is -0.381 e. The number of carbonyl (C=O) groups is 1. The van der Waals surface area contributed by atoms with Gasteiger partial charge in [-0.05, 0) is 49.8 Å². The van der Waals surface area contributed by atoms with E-state index in [9.17, 15) is 4.79 Å². The van der Waals surface area contributed by atoms with E-state index in [1.54, 1.807) is 6.20 Å². The molecule has 172 valence electrons. The van der Waals surface area contributed by atoms with Gasteiger partial charge in [-0.1, -0.05) is 30.3 Å². The normalized spacial score (nSPS) is 14.5. The molecule has 3 aromatic rings. The Morgan fingerprint density at radius 2 is 1.82 bits per heavy atom. The van der Waals surface area contributed by atoms with Crippen molar-refractivity contribution in [3.63, 3.8) is 0 Å². The van der Waals surface area contributed by atoms with Crippen LogP contribution in [0.1, 0.15) is 17.5 Å². The molecular formula is C26H32N6O. The van der Waals surface area contributed by atoms with Crippen molar-refractivity contribution in [1.29, 1.82) is 0 Å². The van der Waals surface area contributed by atoms with Gasteiger partial charge in [0.1, 0.15) is 5.82 Å². The van der Waals surface area contributed by atoms with E-state index in [4.69, 9.17) is 5.73 Å². The van der Waals surface area contributed by atoms with Crippen LogP contribution in [0.5, 0.6) is 0 Å². The van der Waals surface area contributed by atoms with Gasteiger partial charge in [0.25, 0.3) is 0 Å². The van der Waals surface area contributed by atoms with Crippen LogP contribution in [0.4, 0.5) is 22.9 Å².